The third-order valence-corrected chi connectivity index (χ3v) is 3.67. The number of carbonyl (C=O) groups is 2. The van der Waals surface area contributed by atoms with Crippen molar-refractivity contribution in [1.29, 1.82) is 5.26 Å². The van der Waals surface area contributed by atoms with E-state index >= 15 is 0 Å². The van der Waals surface area contributed by atoms with Crippen LogP contribution in [0.2, 0.25) is 0 Å². The molecule has 23 heavy (non-hydrogen) atoms. The quantitative estimate of drug-likeness (QED) is 0.780. The first-order valence-electron chi connectivity index (χ1n) is 7.23. The molecule has 0 radical (unpaired) electrons. The first-order valence-corrected chi connectivity index (χ1v) is 7.23. The zero-order chi connectivity index (χ0) is 17.7. The summed E-state index contributed by atoms with van der Waals surface area (Å²) in [6, 6.07) is 7.35. The summed E-state index contributed by atoms with van der Waals surface area (Å²) in [4.78, 5) is 23.3. The van der Waals surface area contributed by atoms with E-state index in [4.69, 9.17) is 4.74 Å². The minimum absolute atomic E-state index is 0.145. The van der Waals surface area contributed by atoms with Crippen molar-refractivity contribution in [3.8, 4) is 6.07 Å². The van der Waals surface area contributed by atoms with Crippen LogP contribution in [0.1, 0.15) is 39.2 Å². The van der Waals surface area contributed by atoms with Gasteiger partial charge < -0.3 is 9.84 Å². The first-order chi connectivity index (χ1) is 10.7. The van der Waals surface area contributed by atoms with Gasteiger partial charge >= 0.3 is 11.9 Å². The second-order valence-corrected chi connectivity index (χ2v) is 6.05. The van der Waals surface area contributed by atoms with E-state index in [1.165, 1.54) is 32.0 Å². The lowest BCUT2D eigenvalue weighted by Crippen LogP contribution is -2.37. The molecule has 0 aliphatic carbocycles. The van der Waals surface area contributed by atoms with E-state index < -0.39 is 28.6 Å². The number of hydrogen-bond donors (Lipinski definition) is 1. The molecule has 0 amide bonds. The molecule has 5 nitrogen and oxygen atoms in total. The van der Waals surface area contributed by atoms with Gasteiger partial charge in [0.05, 0.1) is 29.9 Å². The molecule has 1 rings (SSSR count). The molecule has 0 saturated carbocycles. The molecular weight excluding hydrogens is 301 g/mol. The Bertz CT molecular complexity index is 636. The smallest absolute Gasteiger partial charge is 0.309 e. The number of halogens is 1. The summed E-state index contributed by atoms with van der Waals surface area (Å²) >= 11 is 0. The molecule has 124 valence electrons. The van der Waals surface area contributed by atoms with Gasteiger partial charge in [0.2, 0.25) is 0 Å². The van der Waals surface area contributed by atoms with Gasteiger partial charge in [-0.1, -0.05) is 12.1 Å². The van der Waals surface area contributed by atoms with Gasteiger partial charge in [0, 0.05) is 0 Å². The Labute approximate surface area is 134 Å². The van der Waals surface area contributed by atoms with Crippen LogP contribution in [0, 0.1) is 22.6 Å². The van der Waals surface area contributed by atoms with Crippen molar-refractivity contribution in [2.45, 2.75) is 39.0 Å². The van der Waals surface area contributed by atoms with Gasteiger partial charge in [0.25, 0.3) is 0 Å². The van der Waals surface area contributed by atoms with Gasteiger partial charge in [0.15, 0.2) is 0 Å². The zero-order valence-corrected chi connectivity index (χ0v) is 13.4. The lowest BCUT2D eigenvalue weighted by Gasteiger charge is -2.32. The summed E-state index contributed by atoms with van der Waals surface area (Å²) in [5.41, 5.74) is -2.48. The van der Waals surface area contributed by atoms with E-state index in [9.17, 15) is 24.3 Å². The first kappa shape index (κ1) is 18.6. The minimum Gasteiger partial charge on any atom is -0.481 e. The highest BCUT2D eigenvalue weighted by atomic mass is 19.1. The molecule has 0 saturated heterocycles. The lowest BCUT2D eigenvalue weighted by atomic mass is 9.68. The van der Waals surface area contributed by atoms with Crippen molar-refractivity contribution in [1.82, 2.24) is 0 Å². The van der Waals surface area contributed by atoms with Crippen molar-refractivity contribution < 1.29 is 23.8 Å². The van der Waals surface area contributed by atoms with Gasteiger partial charge in [-0.25, -0.2) is 4.39 Å². The van der Waals surface area contributed by atoms with Crippen molar-refractivity contribution >= 4 is 11.9 Å². The molecular formula is C17H20FNO4. The molecule has 0 fully saturated rings. The SMILES string of the molecule is CCOC(=O)CC(C#N)(CC(C)(C)C(=O)O)c1cccc(F)c1. The van der Waals surface area contributed by atoms with Crippen molar-refractivity contribution in [3.05, 3.63) is 35.6 Å². The van der Waals surface area contributed by atoms with E-state index in [0.717, 1.165) is 6.07 Å². The number of nitrogens with zero attached hydrogens (tertiary/aromatic N) is 1. The molecule has 1 unspecified atom stereocenters. The predicted molar refractivity (Wildman–Crippen MR) is 81.0 cm³/mol. The van der Waals surface area contributed by atoms with Gasteiger partial charge in [0.1, 0.15) is 5.82 Å². The molecule has 0 heterocycles. The summed E-state index contributed by atoms with van der Waals surface area (Å²) in [7, 11) is 0. The van der Waals surface area contributed by atoms with Crippen molar-refractivity contribution in [3.63, 3.8) is 0 Å². The van der Waals surface area contributed by atoms with Crippen molar-refractivity contribution in [2.75, 3.05) is 6.61 Å². The third kappa shape index (κ3) is 4.52. The Morgan fingerprint density at radius 2 is 2.04 bits per heavy atom. The van der Waals surface area contributed by atoms with Crippen LogP contribution < -0.4 is 0 Å². The van der Waals surface area contributed by atoms with Crippen LogP contribution in [-0.2, 0) is 19.7 Å². The number of aliphatic carboxylic acids is 1. The maximum absolute atomic E-state index is 13.6. The molecule has 6 heteroatoms. The number of nitriles is 1. The summed E-state index contributed by atoms with van der Waals surface area (Å²) in [6.07, 6.45) is -0.481. The molecule has 0 aliphatic rings. The maximum Gasteiger partial charge on any atom is 0.309 e. The van der Waals surface area contributed by atoms with Crippen LogP contribution in [-0.4, -0.2) is 23.7 Å². The standard InChI is InChI=1S/C17H20FNO4/c1-4-23-14(20)9-17(11-19,10-16(2,3)15(21)22)12-6-5-7-13(18)8-12/h5-8H,4,9-10H2,1-3H3,(H,21,22). The molecule has 0 spiro atoms. The summed E-state index contributed by atoms with van der Waals surface area (Å²) < 4.78 is 18.5. The molecule has 1 N–H and O–H groups in total. The van der Waals surface area contributed by atoms with Crippen LogP contribution in [0.4, 0.5) is 4.39 Å². The highest BCUT2D eigenvalue weighted by molar-refractivity contribution is 5.76. The topological polar surface area (TPSA) is 87.4 Å². The molecule has 1 atom stereocenters. The number of hydrogen-bond acceptors (Lipinski definition) is 4. The van der Waals surface area contributed by atoms with E-state index in [1.54, 1.807) is 6.92 Å². The van der Waals surface area contributed by atoms with Crippen LogP contribution in [0.5, 0.6) is 0 Å². The van der Waals surface area contributed by atoms with Gasteiger partial charge in [-0.05, 0) is 44.9 Å². The van der Waals surface area contributed by atoms with Crippen LogP contribution >= 0.6 is 0 Å². The molecule has 0 aromatic heterocycles. The molecule has 1 aromatic carbocycles. The number of carboxylic acid groups (broad SMARTS) is 1. The molecule has 1 aromatic rings. The minimum atomic E-state index is -1.48. The van der Waals surface area contributed by atoms with E-state index in [2.05, 4.69) is 0 Å². The second kappa shape index (κ2) is 7.23. The normalized spacial score (nSPS) is 13.7. The predicted octanol–water partition coefficient (Wildman–Crippen LogP) is 3.04. The maximum atomic E-state index is 13.6. The molecule has 0 aliphatic heterocycles. The number of esters is 1. The average Bonchev–Trinajstić information content (AvgIpc) is 2.46. The fourth-order valence-corrected chi connectivity index (χ4v) is 2.48. The Kier molecular flexibility index (Phi) is 5.85. The largest absolute Gasteiger partial charge is 0.481 e. The van der Waals surface area contributed by atoms with Crippen LogP contribution in [0.15, 0.2) is 24.3 Å². The fourth-order valence-electron chi connectivity index (χ4n) is 2.48. The summed E-state index contributed by atoms with van der Waals surface area (Å²) in [6.45, 7) is 4.71. The Hall–Kier alpha value is -2.42. The second-order valence-electron chi connectivity index (χ2n) is 6.05. The fraction of sp³-hybridized carbons (Fsp3) is 0.471. The Morgan fingerprint density at radius 3 is 2.52 bits per heavy atom. The van der Waals surface area contributed by atoms with E-state index in [-0.39, 0.29) is 25.0 Å². The van der Waals surface area contributed by atoms with Gasteiger partial charge in [-0.15, -0.1) is 0 Å². The van der Waals surface area contributed by atoms with Gasteiger partial charge in [-0.2, -0.15) is 5.26 Å². The van der Waals surface area contributed by atoms with E-state index in [0.29, 0.717) is 0 Å². The third-order valence-electron chi connectivity index (χ3n) is 3.67. The van der Waals surface area contributed by atoms with Crippen LogP contribution in [0.3, 0.4) is 0 Å². The number of rotatable bonds is 7. The molecule has 0 bridgehead atoms. The number of ether oxygens (including phenoxy) is 1. The van der Waals surface area contributed by atoms with E-state index in [1.807, 2.05) is 6.07 Å². The number of benzene rings is 1. The van der Waals surface area contributed by atoms with Crippen molar-refractivity contribution in [2.24, 2.45) is 5.41 Å². The zero-order valence-electron chi connectivity index (χ0n) is 13.4. The average molecular weight is 321 g/mol. The monoisotopic (exact) mass is 321 g/mol. The number of carboxylic acids is 1. The summed E-state index contributed by atoms with van der Waals surface area (Å²) in [5.74, 6) is -2.28. The van der Waals surface area contributed by atoms with Crippen LogP contribution in [0.25, 0.3) is 0 Å². The highest BCUT2D eigenvalue weighted by Crippen LogP contribution is 2.40. The van der Waals surface area contributed by atoms with Gasteiger partial charge in [-0.3, -0.25) is 9.59 Å². The Morgan fingerprint density at radius 1 is 1.39 bits per heavy atom. The highest BCUT2D eigenvalue weighted by Gasteiger charge is 2.44. The lowest BCUT2D eigenvalue weighted by molar-refractivity contribution is -0.150. The number of carbonyl (C=O) groups excluding carboxylic acids is 1. The Balaban J connectivity index is 3.36. The summed E-state index contributed by atoms with van der Waals surface area (Å²) in [5, 5.41) is 19.0.